The number of hydrogen-bond donors (Lipinski definition) is 1. The van der Waals surface area contributed by atoms with Crippen LogP contribution in [0.5, 0.6) is 5.75 Å². The maximum Gasteiger partial charge on any atom is 0.137 e. The van der Waals surface area contributed by atoms with Gasteiger partial charge in [-0.15, -0.1) is 0 Å². The Morgan fingerprint density at radius 2 is 1.44 bits per heavy atom. The van der Waals surface area contributed by atoms with Gasteiger partial charge < -0.3 is 19.9 Å². The lowest BCUT2D eigenvalue weighted by Crippen LogP contribution is -2.57. The summed E-state index contributed by atoms with van der Waals surface area (Å²) in [5, 5.41) is 3.51. The first-order valence-electron chi connectivity index (χ1n) is 13.4. The van der Waals surface area contributed by atoms with Crippen molar-refractivity contribution >= 4 is 28.4 Å². The highest BCUT2D eigenvalue weighted by Gasteiger charge is 2.40. The Balaban J connectivity index is 1.48. The Bertz CT molecular complexity index is 1280. The fourth-order valence-electron chi connectivity index (χ4n) is 6.24. The minimum Gasteiger partial charge on any atom is -0.456 e. The molecule has 2 unspecified atom stereocenters. The molecule has 0 saturated heterocycles. The van der Waals surface area contributed by atoms with Crippen LogP contribution < -0.4 is 19.9 Å². The summed E-state index contributed by atoms with van der Waals surface area (Å²) in [6.07, 6.45) is 9.48. The molecule has 0 amide bonds. The second-order valence-electron chi connectivity index (χ2n) is 9.91. The van der Waals surface area contributed by atoms with Crippen LogP contribution in [0.3, 0.4) is 0 Å². The van der Waals surface area contributed by atoms with E-state index in [-0.39, 0.29) is 0 Å². The molecule has 3 aliphatic rings. The van der Waals surface area contributed by atoms with Gasteiger partial charge in [-0.2, -0.15) is 0 Å². The summed E-state index contributed by atoms with van der Waals surface area (Å²) in [4.78, 5) is 5.30. The minimum absolute atomic E-state index is 0.580. The minimum atomic E-state index is 0.580. The van der Waals surface area contributed by atoms with Crippen LogP contribution in [0.25, 0.3) is 11.3 Å². The highest BCUT2D eigenvalue weighted by Crippen LogP contribution is 2.49. The zero-order chi connectivity index (χ0) is 24.5. The van der Waals surface area contributed by atoms with Crippen LogP contribution in [0.15, 0.2) is 85.1 Å². The molecule has 0 spiro atoms. The lowest BCUT2D eigenvalue weighted by atomic mass is 9.84. The van der Waals surface area contributed by atoms with Crippen LogP contribution in [0, 0.1) is 0 Å². The zero-order valence-corrected chi connectivity index (χ0v) is 21.3. The van der Waals surface area contributed by atoms with Crippen molar-refractivity contribution in [2.24, 2.45) is 0 Å². The highest BCUT2D eigenvalue weighted by atomic mass is 16.5. The van der Waals surface area contributed by atoms with Gasteiger partial charge in [-0.25, -0.2) is 0 Å². The molecule has 4 nitrogen and oxygen atoms in total. The number of rotatable bonds is 5. The van der Waals surface area contributed by atoms with Crippen molar-refractivity contribution in [2.45, 2.75) is 51.6 Å². The molecule has 2 aliphatic heterocycles. The summed E-state index contributed by atoms with van der Waals surface area (Å²) in [7, 11) is 0. The predicted molar refractivity (Wildman–Crippen MR) is 152 cm³/mol. The summed E-state index contributed by atoms with van der Waals surface area (Å²) < 4.78 is 6.61. The molecule has 184 valence electrons. The summed E-state index contributed by atoms with van der Waals surface area (Å²) in [5.74, 6) is 1.81. The average molecular weight is 478 g/mol. The van der Waals surface area contributed by atoms with Crippen LogP contribution in [0.2, 0.25) is 0 Å². The fourth-order valence-corrected chi connectivity index (χ4v) is 6.24. The van der Waals surface area contributed by atoms with Crippen LogP contribution in [-0.2, 0) is 0 Å². The van der Waals surface area contributed by atoms with E-state index in [1.165, 1.54) is 37.1 Å². The normalized spacial score (nSPS) is 21.7. The molecule has 0 bridgehead atoms. The number of nitrogens with one attached hydrogen (secondary N) is 1. The Kier molecular flexibility index (Phi) is 6.18. The molecule has 2 atom stereocenters. The average Bonchev–Trinajstić information content (AvgIpc) is 2.94. The Labute approximate surface area is 214 Å². The predicted octanol–water partition coefficient (Wildman–Crippen LogP) is 7.55. The molecule has 1 saturated carbocycles. The van der Waals surface area contributed by atoms with Gasteiger partial charge in [-0.3, -0.25) is 0 Å². The molecule has 6 rings (SSSR count). The highest BCUT2D eigenvalue weighted by molar-refractivity contribution is 5.93. The van der Waals surface area contributed by atoms with E-state index in [2.05, 4.69) is 102 Å². The van der Waals surface area contributed by atoms with Crippen molar-refractivity contribution in [1.82, 2.24) is 0 Å². The number of anilines is 3. The molecule has 1 aliphatic carbocycles. The number of hydrogen-bond acceptors (Lipinski definition) is 4. The van der Waals surface area contributed by atoms with E-state index < -0.39 is 0 Å². The summed E-state index contributed by atoms with van der Waals surface area (Å²) >= 11 is 0. The Morgan fingerprint density at radius 1 is 0.833 bits per heavy atom. The van der Waals surface area contributed by atoms with Gasteiger partial charge in [-0.1, -0.05) is 61.4 Å². The SMILES string of the molecule is CCN1c2cc3c(cc2N(CC)C2CCCCC21)/C(=C\Nc1ccccc1)C=C(c1ccccc1)O3. The molecule has 3 aromatic carbocycles. The van der Waals surface area contributed by atoms with Gasteiger partial charge in [0.1, 0.15) is 11.5 Å². The molecule has 36 heavy (non-hydrogen) atoms. The van der Waals surface area contributed by atoms with Crippen LogP contribution in [-0.4, -0.2) is 25.2 Å². The van der Waals surface area contributed by atoms with E-state index in [0.717, 1.165) is 47.0 Å². The lowest BCUT2D eigenvalue weighted by Gasteiger charge is -2.52. The van der Waals surface area contributed by atoms with Crippen molar-refractivity contribution in [3.05, 3.63) is 96.2 Å². The van der Waals surface area contributed by atoms with Crippen molar-refractivity contribution in [1.29, 1.82) is 0 Å². The molecule has 3 aromatic rings. The molecule has 1 N–H and O–H groups in total. The molecule has 0 aromatic heterocycles. The second kappa shape index (κ2) is 9.77. The summed E-state index contributed by atoms with van der Waals surface area (Å²) in [6, 6.07) is 26.6. The molecule has 1 fully saturated rings. The number of fused-ring (bicyclic) bond motifs is 3. The third kappa shape index (κ3) is 4.05. The smallest absolute Gasteiger partial charge is 0.137 e. The second-order valence-corrected chi connectivity index (χ2v) is 9.91. The standard InChI is InChI=1S/C32H35N3O/c1-3-34-27-17-11-12-18-28(27)35(4-2)30-21-32-26(20-29(30)34)24(22-33-25-15-9-6-10-16-25)19-31(36-32)23-13-7-5-8-14-23/h5-10,13-16,19-22,27-28,33H,3-4,11-12,17-18H2,1-2H3/b24-22-. The number of likely N-dealkylation sites (N-methyl/N-ethyl adjacent to an activating group) is 2. The van der Waals surface area contributed by atoms with Gasteiger partial charge in [0.25, 0.3) is 0 Å². The van der Waals surface area contributed by atoms with E-state index in [1.807, 2.05) is 12.1 Å². The van der Waals surface area contributed by atoms with Crippen LogP contribution >= 0.6 is 0 Å². The van der Waals surface area contributed by atoms with Crippen molar-refractivity contribution in [3.8, 4) is 5.75 Å². The van der Waals surface area contributed by atoms with Gasteiger partial charge in [0.2, 0.25) is 0 Å². The van der Waals surface area contributed by atoms with E-state index >= 15 is 0 Å². The van der Waals surface area contributed by atoms with E-state index in [4.69, 9.17) is 4.74 Å². The third-order valence-corrected chi connectivity index (χ3v) is 7.92. The summed E-state index contributed by atoms with van der Waals surface area (Å²) in [6.45, 7) is 6.64. The van der Waals surface area contributed by atoms with Crippen LogP contribution in [0.4, 0.5) is 17.1 Å². The fraction of sp³-hybridized carbons (Fsp3) is 0.312. The van der Waals surface area contributed by atoms with Crippen LogP contribution in [0.1, 0.15) is 50.7 Å². The maximum atomic E-state index is 6.61. The number of allylic oxidation sites excluding steroid dienone is 2. The first-order valence-corrected chi connectivity index (χ1v) is 13.4. The number of ether oxygens (including phenoxy) is 1. The van der Waals surface area contributed by atoms with Crippen molar-refractivity contribution in [2.75, 3.05) is 28.2 Å². The molecular formula is C32H35N3O. The van der Waals surface area contributed by atoms with E-state index in [0.29, 0.717) is 12.1 Å². The third-order valence-electron chi connectivity index (χ3n) is 7.92. The van der Waals surface area contributed by atoms with Crippen molar-refractivity contribution < 1.29 is 4.74 Å². The topological polar surface area (TPSA) is 27.7 Å². The van der Waals surface area contributed by atoms with Gasteiger partial charge in [-0.05, 0) is 51.0 Å². The quantitative estimate of drug-likeness (QED) is 0.411. The van der Waals surface area contributed by atoms with E-state index in [9.17, 15) is 0 Å². The zero-order valence-electron chi connectivity index (χ0n) is 21.3. The first-order chi connectivity index (χ1) is 17.8. The number of benzene rings is 3. The Hall–Kier alpha value is -3.66. The summed E-state index contributed by atoms with van der Waals surface area (Å²) in [5.41, 5.74) is 7.08. The maximum absolute atomic E-state index is 6.61. The lowest BCUT2D eigenvalue weighted by molar-refractivity contribution is 0.339. The molecule has 4 heteroatoms. The van der Waals surface area contributed by atoms with Gasteiger partial charge in [0.05, 0.1) is 11.4 Å². The molecule has 2 heterocycles. The molecular weight excluding hydrogens is 442 g/mol. The molecule has 0 radical (unpaired) electrons. The monoisotopic (exact) mass is 477 g/mol. The Morgan fingerprint density at radius 3 is 2.08 bits per heavy atom. The first kappa shape index (κ1) is 22.8. The number of nitrogens with zero attached hydrogens (tertiary/aromatic N) is 2. The van der Waals surface area contributed by atoms with Gasteiger partial charge >= 0.3 is 0 Å². The van der Waals surface area contributed by atoms with Gasteiger partial charge in [0, 0.05) is 59.8 Å². The number of para-hydroxylation sites is 1. The van der Waals surface area contributed by atoms with Crippen molar-refractivity contribution in [3.63, 3.8) is 0 Å². The largest absolute Gasteiger partial charge is 0.456 e. The van der Waals surface area contributed by atoms with E-state index in [1.54, 1.807) is 0 Å². The van der Waals surface area contributed by atoms with Gasteiger partial charge in [0.15, 0.2) is 0 Å².